The molecule has 19 nitrogen and oxygen atoms in total. The van der Waals surface area contributed by atoms with E-state index < -0.39 is 124 Å². The number of unbranched alkanes of at least 4 members (excludes halogenated alkanes) is 40. The van der Waals surface area contributed by atoms with Gasteiger partial charge in [-0.05, 0) is 83.5 Å². The van der Waals surface area contributed by atoms with Crippen molar-refractivity contribution in [3.05, 3.63) is 97.2 Å². The van der Waals surface area contributed by atoms with Gasteiger partial charge in [0.15, 0.2) is 18.9 Å². The summed E-state index contributed by atoms with van der Waals surface area (Å²) in [5, 5.41) is 121. The minimum Gasteiger partial charge on any atom is -0.394 e. The van der Waals surface area contributed by atoms with Crippen molar-refractivity contribution in [2.24, 2.45) is 0 Å². The van der Waals surface area contributed by atoms with Gasteiger partial charge in [-0.2, -0.15) is 0 Å². The Morgan fingerprint density at radius 1 is 0.339 bits per heavy atom. The van der Waals surface area contributed by atoms with Crippen molar-refractivity contribution in [3.63, 3.8) is 0 Å². The maximum Gasteiger partial charge on any atom is 0.220 e. The molecule has 0 aromatic rings. The second-order valence-electron chi connectivity index (χ2n) is 31.0. The van der Waals surface area contributed by atoms with Gasteiger partial charge in [0.05, 0.1) is 38.6 Å². The van der Waals surface area contributed by atoms with Crippen molar-refractivity contribution in [1.29, 1.82) is 0 Å². The molecule has 0 spiro atoms. The lowest BCUT2D eigenvalue weighted by atomic mass is 9.96. The highest BCUT2D eigenvalue weighted by Crippen LogP contribution is 2.33. The fourth-order valence-corrected chi connectivity index (χ4v) is 14.4. The minimum absolute atomic E-state index is 0.235. The van der Waals surface area contributed by atoms with Crippen molar-refractivity contribution in [2.45, 2.75) is 439 Å². The van der Waals surface area contributed by atoms with Crippen LogP contribution in [-0.4, -0.2) is 193 Å². The van der Waals surface area contributed by atoms with Crippen LogP contribution in [0.15, 0.2) is 97.2 Å². The number of aliphatic hydroxyl groups is 11. The number of allylic oxidation sites excluding steroid dienone is 15. The number of hydrogen-bond donors (Lipinski definition) is 12. The standard InChI is InChI=1S/C90H159NO18/c1-3-5-7-9-11-13-15-17-19-21-23-25-27-29-30-31-32-33-34-35-36-37-38-39-40-41-42-44-46-48-50-52-54-56-58-60-62-64-66-68-78(96)91-73(74(95)67-65-63-61-59-57-55-53-51-49-47-45-43-28-26-24-22-20-18-16-14-12-10-8-6-4-2)72-104-88-84(102)81(99)86(76(70-93)106-88)109-90-85(103)82(100)87(77(71-94)107-90)108-89-83(101)80(98)79(97)75(69-92)105-89/h5,7,11,13,17,19,23,25,29-30,32-33,57,59,65,67,73-77,79-90,92-95,97-103H,3-4,6,8-10,12,14-16,18,20-22,24,26-28,31,34-56,58,60-64,66,68-72H2,1-2H3,(H,91,96)/b7-5-,13-11-,19-17-,25-23-,30-29-,33-32-,59-57+,67-65+. The first-order valence-electron chi connectivity index (χ1n) is 44.0. The van der Waals surface area contributed by atoms with Crippen LogP contribution >= 0.6 is 0 Å². The number of hydrogen-bond acceptors (Lipinski definition) is 18. The molecule has 0 aliphatic carbocycles. The molecule has 17 atom stereocenters. The van der Waals surface area contributed by atoms with E-state index in [0.29, 0.717) is 12.8 Å². The summed E-state index contributed by atoms with van der Waals surface area (Å²) < 4.78 is 34.5. The Bertz CT molecular complexity index is 2340. The first-order valence-corrected chi connectivity index (χ1v) is 44.0. The maximum atomic E-state index is 13.5. The molecule has 0 bridgehead atoms. The average Bonchev–Trinajstić information content (AvgIpc) is 0.759. The van der Waals surface area contributed by atoms with E-state index in [4.69, 9.17) is 28.4 Å². The average molecular weight is 1540 g/mol. The van der Waals surface area contributed by atoms with Gasteiger partial charge in [0.2, 0.25) is 5.91 Å². The smallest absolute Gasteiger partial charge is 0.220 e. The zero-order chi connectivity index (χ0) is 78.8. The van der Waals surface area contributed by atoms with Crippen molar-refractivity contribution < 1.29 is 89.4 Å². The number of ether oxygens (including phenoxy) is 6. The Hall–Kier alpha value is -3.29. The van der Waals surface area contributed by atoms with Crippen molar-refractivity contribution in [2.75, 3.05) is 26.4 Å². The van der Waals surface area contributed by atoms with E-state index in [0.717, 1.165) is 77.0 Å². The SMILES string of the molecule is CC/C=C\C/C=C\C/C=C\C/C=C\C/C=C\C/C=C\CCCCCCCCCCCCCCCCCCCCCCC(=O)NC(COC1OC(CO)C(OC2OC(CO)C(OC3OC(CO)C(O)C(O)C3O)C(O)C2O)C(O)C1O)C(O)/C=C/CC/C=C/CCCCCCCCCCCCCCCCCCCCC. The Morgan fingerprint density at radius 3 is 1.03 bits per heavy atom. The molecule has 3 fully saturated rings. The van der Waals surface area contributed by atoms with Gasteiger partial charge in [0.25, 0.3) is 0 Å². The first-order chi connectivity index (χ1) is 53.3. The first kappa shape index (κ1) is 99.9. The van der Waals surface area contributed by atoms with Gasteiger partial charge in [-0.15, -0.1) is 0 Å². The van der Waals surface area contributed by atoms with Crippen LogP contribution in [-0.2, 0) is 33.2 Å². The molecule has 3 heterocycles. The predicted molar refractivity (Wildman–Crippen MR) is 438 cm³/mol. The molecule has 0 saturated carbocycles. The molecule has 3 aliphatic rings. The number of nitrogens with one attached hydrogen (secondary N) is 1. The van der Waals surface area contributed by atoms with Gasteiger partial charge in [0.1, 0.15) is 73.2 Å². The summed E-state index contributed by atoms with van der Waals surface area (Å²) in [5.41, 5.74) is 0. The van der Waals surface area contributed by atoms with Crippen LogP contribution in [0.5, 0.6) is 0 Å². The Morgan fingerprint density at radius 2 is 0.642 bits per heavy atom. The van der Waals surface area contributed by atoms with Gasteiger partial charge in [-0.25, -0.2) is 0 Å². The summed E-state index contributed by atoms with van der Waals surface area (Å²) in [5.74, 6) is -0.282. The van der Waals surface area contributed by atoms with Gasteiger partial charge >= 0.3 is 0 Å². The van der Waals surface area contributed by atoms with E-state index in [1.807, 2.05) is 6.08 Å². The van der Waals surface area contributed by atoms with Gasteiger partial charge in [0, 0.05) is 6.42 Å². The molecule has 109 heavy (non-hydrogen) atoms. The zero-order valence-electron chi connectivity index (χ0n) is 68.0. The lowest BCUT2D eigenvalue weighted by Crippen LogP contribution is -2.66. The Balaban J connectivity index is 1.32. The molecule has 0 aromatic carbocycles. The third-order valence-corrected chi connectivity index (χ3v) is 21.4. The topological polar surface area (TPSA) is 307 Å². The fraction of sp³-hybridized carbons (Fsp3) is 0.811. The molecule has 12 N–H and O–H groups in total. The van der Waals surface area contributed by atoms with Crippen molar-refractivity contribution in [1.82, 2.24) is 5.32 Å². The molecule has 3 rings (SSSR count). The second-order valence-corrected chi connectivity index (χ2v) is 31.0. The maximum absolute atomic E-state index is 13.5. The third-order valence-electron chi connectivity index (χ3n) is 21.4. The van der Waals surface area contributed by atoms with E-state index in [1.165, 1.54) is 225 Å². The number of amides is 1. The molecule has 1 amide bonds. The largest absolute Gasteiger partial charge is 0.394 e. The summed E-state index contributed by atoms with van der Waals surface area (Å²) in [6.07, 6.45) is 68.4. The number of carbonyl (C=O) groups excluding carboxylic acids is 1. The lowest BCUT2D eigenvalue weighted by molar-refractivity contribution is -0.379. The van der Waals surface area contributed by atoms with E-state index >= 15 is 0 Å². The van der Waals surface area contributed by atoms with E-state index in [2.05, 4.69) is 104 Å². The summed E-state index contributed by atoms with van der Waals surface area (Å²) in [6, 6.07) is -0.995. The van der Waals surface area contributed by atoms with Crippen molar-refractivity contribution >= 4 is 5.91 Å². The van der Waals surface area contributed by atoms with Crippen LogP contribution in [0.25, 0.3) is 0 Å². The van der Waals surface area contributed by atoms with Crippen molar-refractivity contribution in [3.8, 4) is 0 Å². The zero-order valence-corrected chi connectivity index (χ0v) is 68.0. The van der Waals surface area contributed by atoms with E-state index in [-0.39, 0.29) is 18.9 Å². The molecule has 0 radical (unpaired) electrons. The molecule has 17 unspecified atom stereocenters. The van der Waals surface area contributed by atoms with Crippen LogP contribution in [0, 0.1) is 0 Å². The van der Waals surface area contributed by atoms with Crippen LogP contribution in [0.2, 0.25) is 0 Å². The molecule has 19 heteroatoms. The second kappa shape index (κ2) is 69.1. The highest BCUT2D eigenvalue weighted by Gasteiger charge is 2.54. The van der Waals surface area contributed by atoms with Crippen LogP contribution in [0.3, 0.4) is 0 Å². The number of rotatable bonds is 70. The number of carbonyl (C=O) groups is 1. The van der Waals surface area contributed by atoms with E-state index in [9.17, 15) is 61.0 Å². The lowest BCUT2D eigenvalue weighted by Gasteiger charge is -2.48. The predicted octanol–water partition coefficient (Wildman–Crippen LogP) is 16.3. The minimum atomic E-state index is -1.98. The summed E-state index contributed by atoms with van der Waals surface area (Å²) in [7, 11) is 0. The Kier molecular flexibility index (Phi) is 63.3. The highest BCUT2D eigenvalue weighted by molar-refractivity contribution is 5.76. The molecule has 3 aliphatic heterocycles. The monoisotopic (exact) mass is 1540 g/mol. The third kappa shape index (κ3) is 48.0. The molecule has 632 valence electrons. The van der Waals surface area contributed by atoms with Gasteiger partial charge in [-0.1, -0.05) is 342 Å². The number of aliphatic hydroxyl groups excluding tert-OH is 11. The molecule has 0 aromatic heterocycles. The highest BCUT2D eigenvalue weighted by atomic mass is 16.8. The summed E-state index contributed by atoms with van der Waals surface area (Å²) in [4.78, 5) is 13.5. The van der Waals surface area contributed by atoms with Crippen LogP contribution in [0.1, 0.15) is 335 Å². The molecular formula is C90H159NO18. The quantitative estimate of drug-likeness (QED) is 0.0199. The summed E-state index contributed by atoms with van der Waals surface area (Å²) >= 11 is 0. The van der Waals surface area contributed by atoms with E-state index in [1.54, 1.807) is 6.08 Å². The van der Waals surface area contributed by atoms with Gasteiger partial charge in [-0.3, -0.25) is 4.79 Å². The molecular weight excluding hydrogens is 1380 g/mol. The van der Waals surface area contributed by atoms with Crippen LogP contribution < -0.4 is 5.32 Å². The summed E-state index contributed by atoms with van der Waals surface area (Å²) in [6.45, 7) is 1.64. The normalized spacial score (nSPS) is 25.8. The van der Waals surface area contributed by atoms with Crippen LogP contribution in [0.4, 0.5) is 0 Å². The Labute approximate surface area is 660 Å². The molecule has 3 saturated heterocycles. The fourth-order valence-electron chi connectivity index (χ4n) is 14.4. The van der Waals surface area contributed by atoms with Gasteiger partial charge < -0.3 is 89.9 Å².